The minimum absolute atomic E-state index is 0.266. The maximum Gasteiger partial charge on any atom is 0.264 e. The van der Waals surface area contributed by atoms with Crippen molar-refractivity contribution in [3.63, 3.8) is 0 Å². The van der Waals surface area contributed by atoms with Crippen molar-refractivity contribution >= 4 is 29.1 Å². The molecule has 92 valence electrons. The highest BCUT2D eigenvalue weighted by Crippen LogP contribution is 2.41. The molecule has 0 saturated carbocycles. The minimum atomic E-state index is -1.06. The Kier molecular flexibility index (Phi) is 2.28. The van der Waals surface area contributed by atoms with E-state index < -0.39 is 11.5 Å². The lowest BCUT2D eigenvalue weighted by Gasteiger charge is -2.17. The van der Waals surface area contributed by atoms with Gasteiger partial charge in [-0.15, -0.1) is 0 Å². The Morgan fingerprint density at radius 1 is 1.39 bits per heavy atom. The number of anilines is 1. The van der Waals surface area contributed by atoms with Crippen molar-refractivity contribution in [1.82, 2.24) is 0 Å². The molecule has 0 aliphatic carbocycles. The predicted molar refractivity (Wildman–Crippen MR) is 65.6 cm³/mol. The highest BCUT2D eigenvalue weighted by atomic mass is 35.5. The molecule has 1 fully saturated rings. The number of carbonyl (C=O) groups is 2. The largest absolute Gasteiger partial charge is 0.274 e. The second-order valence-electron chi connectivity index (χ2n) is 4.55. The molecule has 2 heterocycles. The molecule has 0 bridgehead atoms. The summed E-state index contributed by atoms with van der Waals surface area (Å²) in [5.41, 5.74) is -0.643. The molecule has 0 aromatic heterocycles. The zero-order valence-electron chi connectivity index (χ0n) is 9.63. The molecule has 0 unspecified atom stereocenters. The molecule has 1 aromatic carbocycles. The Morgan fingerprint density at radius 3 is 2.78 bits per heavy atom. The van der Waals surface area contributed by atoms with E-state index >= 15 is 0 Å². The molecule has 6 heteroatoms. The van der Waals surface area contributed by atoms with Gasteiger partial charge in [0.25, 0.3) is 5.91 Å². The van der Waals surface area contributed by atoms with Crippen LogP contribution in [0.25, 0.3) is 0 Å². The van der Waals surface area contributed by atoms with Crippen LogP contribution in [0.4, 0.5) is 5.69 Å². The lowest BCUT2D eigenvalue weighted by Crippen LogP contribution is -2.37. The Balaban J connectivity index is 2.11. The molecule has 2 aliphatic heterocycles. The van der Waals surface area contributed by atoms with Crippen molar-refractivity contribution in [1.29, 1.82) is 0 Å². The summed E-state index contributed by atoms with van der Waals surface area (Å²) in [6, 6.07) is 6.79. The molecule has 2 amide bonds. The van der Waals surface area contributed by atoms with Gasteiger partial charge in [-0.2, -0.15) is 10.2 Å². The monoisotopic (exact) mass is 263 g/mol. The fraction of sp³-hybridized carbons (Fsp3) is 0.333. The zero-order valence-corrected chi connectivity index (χ0v) is 10.4. The molecule has 5 nitrogen and oxygen atoms in total. The van der Waals surface area contributed by atoms with Gasteiger partial charge in [-0.3, -0.25) is 9.59 Å². The number of azo groups is 1. The van der Waals surface area contributed by atoms with Crippen molar-refractivity contribution in [3.8, 4) is 0 Å². The van der Waals surface area contributed by atoms with E-state index in [4.69, 9.17) is 11.6 Å². The van der Waals surface area contributed by atoms with Gasteiger partial charge in [-0.1, -0.05) is 23.7 Å². The smallest absolute Gasteiger partial charge is 0.264 e. The van der Waals surface area contributed by atoms with Gasteiger partial charge >= 0.3 is 0 Å². The fourth-order valence-electron chi connectivity index (χ4n) is 2.37. The number of benzene rings is 1. The molecule has 0 N–H and O–H groups in total. The van der Waals surface area contributed by atoms with E-state index in [0.29, 0.717) is 10.7 Å². The van der Waals surface area contributed by atoms with Gasteiger partial charge < -0.3 is 0 Å². The van der Waals surface area contributed by atoms with Crippen LogP contribution < -0.4 is 4.90 Å². The van der Waals surface area contributed by atoms with Crippen molar-refractivity contribution in [2.24, 2.45) is 16.1 Å². The van der Waals surface area contributed by atoms with Gasteiger partial charge in [-0.25, -0.2) is 4.90 Å². The molecule has 0 spiro atoms. The van der Waals surface area contributed by atoms with Crippen LogP contribution >= 0.6 is 11.6 Å². The Bertz CT molecular complexity index is 586. The Morgan fingerprint density at radius 2 is 2.11 bits per heavy atom. The lowest BCUT2D eigenvalue weighted by atomic mass is 9.90. The number of imide groups is 1. The number of nitrogens with zero attached hydrogens (tertiary/aromatic N) is 3. The second kappa shape index (κ2) is 3.62. The van der Waals surface area contributed by atoms with Crippen molar-refractivity contribution < 1.29 is 9.59 Å². The highest BCUT2D eigenvalue weighted by molar-refractivity contribution is 6.36. The van der Waals surface area contributed by atoms with Crippen LogP contribution in [0.1, 0.15) is 6.92 Å². The van der Waals surface area contributed by atoms with E-state index in [1.807, 2.05) is 0 Å². The third-order valence-electron chi connectivity index (χ3n) is 3.47. The highest BCUT2D eigenvalue weighted by Gasteiger charge is 2.60. The molecular weight excluding hydrogens is 254 g/mol. The molecular formula is C12H10ClN3O2. The van der Waals surface area contributed by atoms with Crippen LogP contribution in [-0.4, -0.2) is 23.9 Å². The lowest BCUT2D eigenvalue weighted by molar-refractivity contribution is -0.122. The van der Waals surface area contributed by atoms with E-state index in [1.165, 1.54) is 0 Å². The first-order valence-corrected chi connectivity index (χ1v) is 5.95. The number of hydrogen-bond donors (Lipinski definition) is 0. The fourth-order valence-corrected chi connectivity index (χ4v) is 2.59. The van der Waals surface area contributed by atoms with E-state index in [0.717, 1.165) is 4.90 Å². The van der Waals surface area contributed by atoms with Crippen LogP contribution in [0.15, 0.2) is 34.5 Å². The molecule has 18 heavy (non-hydrogen) atoms. The van der Waals surface area contributed by atoms with Crippen molar-refractivity contribution in [2.75, 3.05) is 11.4 Å². The number of amides is 2. The third-order valence-corrected chi connectivity index (χ3v) is 3.79. The normalized spacial score (nSPS) is 30.1. The van der Waals surface area contributed by atoms with Gasteiger partial charge in [0.1, 0.15) is 0 Å². The molecule has 2 aliphatic rings. The summed E-state index contributed by atoms with van der Waals surface area (Å²) in [4.78, 5) is 25.8. The number of para-hydroxylation sites is 1. The molecule has 2 atom stereocenters. The summed E-state index contributed by atoms with van der Waals surface area (Å²) in [7, 11) is 0. The Labute approximate surface area is 108 Å². The number of hydrogen-bond acceptors (Lipinski definition) is 4. The number of halogens is 1. The average Bonchev–Trinajstić information content (AvgIpc) is 2.81. The first-order valence-electron chi connectivity index (χ1n) is 5.57. The van der Waals surface area contributed by atoms with Gasteiger partial charge in [0.2, 0.25) is 5.91 Å². The van der Waals surface area contributed by atoms with Crippen molar-refractivity contribution in [2.45, 2.75) is 12.5 Å². The summed E-state index contributed by atoms with van der Waals surface area (Å²) in [6.07, 6.45) is 0. The van der Waals surface area contributed by atoms with E-state index in [2.05, 4.69) is 10.2 Å². The second-order valence-corrected chi connectivity index (χ2v) is 4.96. The Hall–Kier alpha value is -1.75. The SMILES string of the molecule is C[C@@]12N=NC[C@@H]1C(=O)N(c1ccccc1Cl)C2=O. The van der Waals surface area contributed by atoms with Crippen LogP contribution in [0, 0.1) is 5.92 Å². The zero-order chi connectivity index (χ0) is 12.9. The summed E-state index contributed by atoms with van der Waals surface area (Å²) < 4.78 is 0. The number of carbonyl (C=O) groups excluding carboxylic acids is 2. The van der Waals surface area contributed by atoms with Gasteiger partial charge in [-0.05, 0) is 19.1 Å². The minimum Gasteiger partial charge on any atom is -0.274 e. The van der Waals surface area contributed by atoms with E-state index in [1.54, 1.807) is 31.2 Å². The maximum absolute atomic E-state index is 12.4. The summed E-state index contributed by atoms with van der Waals surface area (Å²) in [5, 5.41) is 8.13. The quantitative estimate of drug-likeness (QED) is 0.728. The standard InChI is InChI=1S/C12H10ClN3O2/c1-12-7(6-14-15-12)10(17)16(11(12)18)9-5-3-2-4-8(9)13/h2-5,7H,6H2,1H3/t7-,12-/m1/s1. The van der Waals surface area contributed by atoms with Gasteiger partial charge in [0.05, 0.1) is 23.2 Å². The number of rotatable bonds is 1. The first kappa shape index (κ1) is 11.3. The van der Waals surface area contributed by atoms with E-state index in [9.17, 15) is 9.59 Å². The summed E-state index contributed by atoms with van der Waals surface area (Å²) >= 11 is 6.04. The van der Waals surface area contributed by atoms with E-state index in [-0.39, 0.29) is 18.4 Å². The molecule has 0 radical (unpaired) electrons. The third kappa shape index (κ3) is 1.28. The first-order chi connectivity index (χ1) is 8.55. The molecule has 1 aromatic rings. The number of fused-ring (bicyclic) bond motifs is 1. The molecule has 1 saturated heterocycles. The van der Waals surface area contributed by atoms with Crippen LogP contribution in [0.5, 0.6) is 0 Å². The van der Waals surface area contributed by atoms with Crippen molar-refractivity contribution in [3.05, 3.63) is 29.3 Å². The predicted octanol–water partition coefficient (Wildman–Crippen LogP) is 2.05. The summed E-state index contributed by atoms with van der Waals surface area (Å²) in [6.45, 7) is 1.91. The average molecular weight is 264 g/mol. The van der Waals surface area contributed by atoms with Gasteiger partial charge in [0, 0.05) is 0 Å². The maximum atomic E-state index is 12.4. The molecule has 3 rings (SSSR count). The topological polar surface area (TPSA) is 62.1 Å². The van der Waals surface area contributed by atoms with Crippen LogP contribution in [0.3, 0.4) is 0 Å². The van der Waals surface area contributed by atoms with Crippen LogP contribution in [-0.2, 0) is 9.59 Å². The van der Waals surface area contributed by atoms with Crippen LogP contribution in [0.2, 0.25) is 5.02 Å². The summed E-state index contributed by atoms with van der Waals surface area (Å²) in [5.74, 6) is -1.13. The van der Waals surface area contributed by atoms with Gasteiger partial charge in [0.15, 0.2) is 5.54 Å².